The maximum atomic E-state index is 12.2. The van der Waals surface area contributed by atoms with Crippen LogP contribution < -0.4 is 0 Å². The van der Waals surface area contributed by atoms with E-state index in [-0.39, 0.29) is 24.4 Å². The predicted molar refractivity (Wildman–Crippen MR) is 80.4 cm³/mol. The number of H-pyrrole nitrogens is 1. The summed E-state index contributed by atoms with van der Waals surface area (Å²) in [5.74, 6) is -0.138. The molecule has 0 saturated carbocycles. The summed E-state index contributed by atoms with van der Waals surface area (Å²) >= 11 is 0. The molecule has 2 aromatic carbocycles. The molecule has 0 aliphatic carbocycles. The highest BCUT2D eigenvalue weighted by atomic mass is 16.1. The van der Waals surface area contributed by atoms with Crippen LogP contribution in [0.2, 0.25) is 0 Å². The summed E-state index contributed by atoms with van der Waals surface area (Å²) in [5, 5.41) is 7.69. The number of ketones is 2. The van der Waals surface area contributed by atoms with Crippen LogP contribution >= 0.6 is 0 Å². The van der Waals surface area contributed by atoms with Crippen molar-refractivity contribution >= 4 is 22.5 Å². The molecule has 0 aliphatic rings. The molecule has 4 heteroatoms. The third-order valence-electron chi connectivity index (χ3n) is 3.41. The fourth-order valence-electron chi connectivity index (χ4n) is 2.29. The van der Waals surface area contributed by atoms with Crippen LogP contribution in [0.1, 0.15) is 33.7 Å². The highest BCUT2D eigenvalue weighted by molar-refractivity contribution is 6.07. The fraction of sp³-hybridized carbons (Fsp3) is 0.118. The van der Waals surface area contributed by atoms with E-state index in [1.165, 1.54) is 0 Å². The van der Waals surface area contributed by atoms with Crippen molar-refractivity contribution in [2.45, 2.75) is 12.8 Å². The van der Waals surface area contributed by atoms with E-state index in [0.717, 1.165) is 10.9 Å². The first-order valence-electron chi connectivity index (χ1n) is 6.80. The molecule has 0 radical (unpaired) electrons. The van der Waals surface area contributed by atoms with Gasteiger partial charge in [-0.05, 0) is 6.07 Å². The van der Waals surface area contributed by atoms with Crippen LogP contribution in [0.3, 0.4) is 0 Å². The zero-order valence-corrected chi connectivity index (χ0v) is 11.4. The van der Waals surface area contributed by atoms with Gasteiger partial charge in [0.1, 0.15) is 5.69 Å². The number of carbonyl (C=O) groups is 2. The second kappa shape index (κ2) is 5.71. The third kappa shape index (κ3) is 2.74. The Labute approximate surface area is 121 Å². The number of Topliss-reactive ketones (excluding diaryl/α,β-unsaturated/α-hetero) is 2. The SMILES string of the molecule is O=C(CCC(=O)c1n[nH]c2ccccc12)c1ccccc1. The van der Waals surface area contributed by atoms with E-state index in [0.29, 0.717) is 11.3 Å². The monoisotopic (exact) mass is 278 g/mol. The molecule has 1 aromatic heterocycles. The molecule has 0 aliphatic heterocycles. The third-order valence-corrected chi connectivity index (χ3v) is 3.41. The number of aromatic nitrogens is 2. The number of nitrogens with zero attached hydrogens (tertiary/aromatic N) is 1. The molecule has 1 N–H and O–H groups in total. The molecule has 0 spiro atoms. The normalized spacial score (nSPS) is 10.7. The van der Waals surface area contributed by atoms with Gasteiger partial charge in [-0.15, -0.1) is 0 Å². The lowest BCUT2D eigenvalue weighted by molar-refractivity contribution is 0.0915. The molecular formula is C17H14N2O2. The van der Waals surface area contributed by atoms with E-state index in [9.17, 15) is 9.59 Å². The standard InChI is InChI=1S/C17H14N2O2/c20-15(12-6-2-1-3-7-12)10-11-16(21)17-13-8-4-5-9-14(13)18-19-17/h1-9H,10-11H2,(H,18,19). The molecule has 104 valence electrons. The van der Waals surface area contributed by atoms with Gasteiger partial charge in [-0.2, -0.15) is 5.10 Å². The van der Waals surface area contributed by atoms with Crippen molar-refractivity contribution in [1.29, 1.82) is 0 Å². The molecule has 0 atom stereocenters. The Morgan fingerprint density at radius 2 is 1.52 bits per heavy atom. The Morgan fingerprint density at radius 3 is 2.33 bits per heavy atom. The summed E-state index contributed by atoms with van der Waals surface area (Å²) in [6.45, 7) is 0. The summed E-state index contributed by atoms with van der Waals surface area (Å²) in [5.41, 5.74) is 1.87. The number of rotatable bonds is 5. The van der Waals surface area contributed by atoms with Gasteiger partial charge >= 0.3 is 0 Å². The zero-order chi connectivity index (χ0) is 14.7. The molecule has 3 aromatic rings. The van der Waals surface area contributed by atoms with Crippen LogP contribution in [-0.4, -0.2) is 21.8 Å². The molecule has 1 heterocycles. The van der Waals surface area contributed by atoms with Gasteiger partial charge in [0.15, 0.2) is 11.6 Å². The largest absolute Gasteiger partial charge is 0.294 e. The molecular weight excluding hydrogens is 264 g/mol. The Morgan fingerprint density at radius 1 is 0.857 bits per heavy atom. The zero-order valence-electron chi connectivity index (χ0n) is 11.4. The van der Waals surface area contributed by atoms with Gasteiger partial charge < -0.3 is 0 Å². The molecule has 0 unspecified atom stereocenters. The van der Waals surface area contributed by atoms with Crippen molar-refractivity contribution in [2.24, 2.45) is 0 Å². The van der Waals surface area contributed by atoms with E-state index in [4.69, 9.17) is 0 Å². The number of nitrogens with one attached hydrogen (secondary N) is 1. The Kier molecular flexibility index (Phi) is 3.60. The quantitative estimate of drug-likeness (QED) is 0.727. The Balaban J connectivity index is 1.71. The maximum absolute atomic E-state index is 12.2. The summed E-state index contributed by atoms with van der Waals surface area (Å²) in [4.78, 5) is 24.2. The Hall–Kier alpha value is -2.75. The van der Waals surface area contributed by atoms with Gasteiger partial charge in [-0.3, -0.25) is 14.7 Å². The van der Waals surface area contributed by atoms with Crippen LogP contribution in [0.5, 0.6) is 0 Å². The second-order valence-electron chi connectivity index (χ2n) is 4.83. The van der Waals surface area contributed by atoms with Crippen molar-refractivity contribution in [3.8, 4) is 0 Å². The molecule has 0 saturated heterocycles. The average Bonchev–Trinajstić information content (AvgIpc) is 2.97. The minimum Gasteiger partial charge on any atom is -0.294 e. The maximum Gasteiger partial charge on any atom is 0.184 e. The summed E-state index contributed by atoms with van der Waals surface area (Å²) in [7, 11) is 0. The summed E-state index contributed by atoms with van der Waals surface area (Å²) in [6, 6.07) is 16.5. The highest BCUT2D eigenvalue weighted by Crippen LogP contribution is 2.17. The van der Waals surface area contributed by atoms with Crippen molar-refractivity contribution in [1.82, 2.24) is 10.2 Å². The van der Waals surface area contributed by atoms with Crippen molar-refractivity contribution in [2.75, 3.05) is 0 Å². The first kappa shape index (κ1) is 13.2. The van der Waals surface area contributed by atoms with E-state index in [1.807, 2.05) is 42.5 Å². The first-order chi connectivity index (χ1) is 10.3. The van der Waals surface area contributed by atoms with Gasteiger partial charge in [0, 0.05) is 23.8 Å². The second-order valence-corrected chi connectivity index (χ2v) is 4.83. The number of aromatic amines is 1. The van der Waals surface area contributed by atoms with Gasteiger partial charge in [0.05, 0.1) is 5.52 Å². The first-order valence-corrected chi connectivity index (χ1v) is 6.80. The summed E-state index contributed by atoms with van der Waals surface area (Å²) in [6.07, 6.45) is 0.368. The average molecular weight is 278 g/mol. The molecule has 21 heavy (non-hydrogen) atoms. The van der Waals surface area contributed by atoms with Crippen molar-refractivity contribution < 1.29 is 9.59 Å². The van der Waals surface area contributed by atoms with Crippen molar-refractivity contribution in [3.05, 3.63) is 65.9 Å². The lowest BCUT2D eigenvalue weighted by Gasteiger charge is -2.00. The van der Waals surface area contributed by atoms with Gasteiger partial charge in [-0.1, -0.05) is 48.5 Å². The predicted octanol–water partition coefficient (Wildman–Crippen LogP) is 3.41. The van der Waals surface area contributed by atoms with Crippen LogP contribution in [0.25, 0.3) is 10.9 Å². The van der Waals surface area contributed by atoms with Gasteiger partial charge in [0.2, 0.25) is 0 Å². The number of fused-ring (bicyclic) bond motifs is 1. The smallest absolute Gasteiger partial charge is 0.184 e. The number of hydrogen-bond donors (Lipinski definition) is 1. The minimum atomic E-state index is -0.114. The van der Waals surface area contributed by atoms with Crippen molar-refractivity contribution in [3.63, 3.8) is 0 Å². The van der Waals surface area contributed by atoms with Crippen LogP contribution in [0.4, 0.5) is 0 Å². The number of benzene rings is 2. The van der Waals surface area contributed by atoms with Gasteiger partial charge in [-0.25, -0.2) is 0 Å². The lowest BCUT2D eigenvalue weighted by atomic mass is 10.0. The minimum absolute atomic E-state index is 0.0243. The topological polar surface area (TPSA) is 62.8 Å². The van der Waals surface area contributed by atoms with Crippen LogP contribution in [-0.2, 0) is 0 Å². The molecule has 0 fully saturated rings. The Bertz CT molecular complexity index is 791. The molecule has 3 rings (SSSR count). The lowest BCUT2D eigenvalue weighted by Crippen LogP contribution is -2.06. The van der Waals surface area contributed by atoms with E-state index >= 15 is 0 Å². The molecule has 0 amide bonds. The van der Waals surface area contributed by atoms with Crippen LogP contribution in [0.15, 0.2) is 54.6 Å². The molecule has 0 bridgehead atoms. The number of hydrogen-bond acceptors (Lipinski definition) is 3. The van der Waals surface area contributed by atoms with E-state index in [2.05, 4.69) is 10.2 Å². The highest BCUT2D eigenvalue weighted by Gasteiger charge is 2.15. The van der Waals surface area contributed by atoms with Crippen LogP contribution in [0, 0.1) is 0 Å². The molecule has 4 nitrogen and oxygen atoms in total. The van der Waals surface area contributed by atoms with Gasteiger partial charge in [0.25, 0.3) is 0 Å². The van der Waals surface area contributed by atoms with E-state index < -0.39 is 0 Å². The van der Waals surface area contributed by atoms with E-state index in [1.54, 1.807) is 12.1 Å². The fourth-order valence-corrected chi connectivity index (χ4v) is 2.29. The number of para-hydroxylation sites is 1. The summed E-state index contributed by atoms with van der Waals surface area (Å²) < 4.78 is 0. The number of carbonyl (C=O) groups excluding carboxylic acids is 2.